The zero-order valence-corrected chi connectivity index (χ0v) is 19.0. The number of hydrogen-bond acceptors (Lipinski definition) is 3. The van der Waals surface area contributed by atoms with Gasteiger partial charge in [0.2, 0.25) is 0 Å². The molecular formula is C26H41NO2. The minimum atomic E-state index is -0.614. The predicted octanol–water partition coefficient (Wildman–Crippen LogP) is 6.10. The highest BCUT2D eigenvalue weighted by Gasteiger charge is 2.63. The van der Waals surface area contributed by atoms with Crippen LogP contribution in [-0.2, 0) is 4.79 Å². The predicted molar refractivity (Wildman–Crippen MR) is 118 cm³/mol. The lowest BCUT2D eigenvalue weighted by Gasteiger charge is -2.59. The lowest BCUT2D eigenvalue weighted by molar-refractivity contribution is -0.122. The molecule has 0 spiro atoms. The third kappa shape index (κ3) is 3.27. The highest BCUT2D eigenvalue weighted by atomic mass is 16.3. The zero-order valence-electron chi connectivity index (χ0n) is 19.0. The largest absolute Gasteiger partial charge is 0.390 e. The maximum atomic E-state index is 12.1. The van der Waals surface area contributed by atoms with Crippen molar-refractivity contribution in [3.05, 3.63) is 11.6 Å². The Bertz CT molecular complexity index is 719. The molecule has 0 heterocycles. The van der Waals surface area contributed by atoms with Crippen LogP contribution in [0.25, 0.3) is 0 Å². The summed E-state index contributed by atoms with van der Waals surface area (Å²) >= 11 is 0. The summed E-state index contributed by atoms with van der Waals surface area (Å²) in [6.07, 6.45) is 15.6. The van der Waals surface area contributed by atoms with Crippen molar-refractivity contribution in [3.63, 3.8) is 0 Å². The fraction of sp³-hybridized carbons (Fsp3) is 0.846. The van der Waals surface area contributed by atoms with Gasteiger partial charge >= 0.3 is 0 Å². The topological polar surface area (TPSA) is 61.1 Å². The van der Waals surface area contributed by atoms with E-state index in [1.807, 2.05) is 20.1 Å². The van der Waals surface area contributed by atoms with Gasteiger partial charge in [-0.15, -0.1) is 0 Å². The number of ketones is 1. The van der Waals surface area contributed by atoms with Gasteiger partial charge in [-0.1, -0.05) is 25.5 Å². The van der Waals surface area contributed by atoms with Crippen LogP contribution >= 0.6 is 0 Å². The van der Waals surface area contributed by atoms with Crippen molar-refractivity contribution < 1.29 is 9.90 Å². The molecule has 4 rings (SSSR count). The van der Waals surface area contributed by atoms with Crippen molar-refractivity contribution >= 4 is 12.0 Å². The van der Waals surface area contributed by atoms with Gasteiger partial charge in [0.05, 0.1) is 5.60 Å². The van der Waals surface area contributed by atoms with Gasteiger partial charge in [0.1, 0.15) is 5.78 Å². The molecule has 2 N–H and O–H groups in total. The number of carbonyl (C=O) groups excluding carboxylic acids is 1. The molecule has 0 aromatic rings. The van der Waals surface area contributed by atoms with Crippen LogP contribution < -0.4 is 0 Å². The van der Waals surface area contributed by atoms with E-state index in [0.29, 0.717) is 30.0 Å². The number of hydrogen-bond donors (Lipinski definition) is 2. The Balaban J connectivity index is 1.58. The van der Waals surface area contributed by atoms with Gasteiger partial charge in [0.15, 0.2) is 0 Å². The molecule has 0 amide bonds. The Labute approximate surface area is 177 Å². The fourth-order valence-corrected chi connectivity index (χ4v) is 8.20. The second-order valence-corrected chi connectivity index (χ2v) is 11.9. The number of aliphatic hydroxyl groups is 1. The van der Waals surface area contributed by atoms with Crippen molar-refractivity contribution in [1.29, 1.82) is 5.41 Å². The van der Waals surface area contributed by atoms with Gasteiger partial charge in [0.25, 0.3) is 0 Å². The summed E-state index contributed by atoms with van der Waals surface area (Å²) in [5.74, 6) is 2.55. The van der Waals surface area contributed by atoms with Crippen molar-refractivity contribution in [1.82, 2.24) is 0 Å². The molecule has 0 radical (unpaired) electrons. The van der Waals surface area contributed by atoms with Gasteiger partial charge in [-0.25, -0.2) is 0 Å². The summed E-state index contributed by atoms with van der Waals surface area (Å²) in [6.45, 7) is 8.74. The summed E-state index contributed by atoms with van der Waals surface area (Å²) < 4.78 is 0. The van der Waals surface area contributed by atoms with Crippen LogP contribution in [0, 0.1) is 39.4 Å². The molecule has 3 saturated carbocycles. The first kappa shape index (κ1) is 21.3. The molecule has 0 aliphatic heterocycles. The van der Waals surface area contributed by atoms with Crippen LogP contribution in [0.15, 0.2) is 11.6 Å². The molecule has 0 saturated heterocycles. The molecule has 162 valence electrons. The van der Waals surface area contributed by atoms with E-state index in [0.717, 1.165) is 44.9 Å². The van der Waals surface area contributed by atoms with Crippen LogP contribution in [0.3, 0.4) is 0 Å². The molecule has 0 aromatic carbocycles. The molecular weight excluding hydrogens is 358 g/mol. The molecule has 4 aliphatic rings. The first-order valence-electron chi connectivity index (χ1n) is 12.0. The third-order valence-electron chi connectivity index (χ3n) is 10.1. The van der Waals surface area contributed by atoms with Crippen molar-refractivity contribution in [3.8, 4) is 0 Å². The zero-order chi connectivity index (χ0) is 21.1. The number of allylic oxidation sites excluding steroid dienone is 2. The number of carbonyl (C=O) groups is 1. The third-order valence-corrected chi connectivity index (χ3v) is 10.1. The van der Waals surface area contributed by atoms with Crippen LogP contribution in [0.1, 0.15) is 98.3 Å². The average molecular weight is 400 g/mol. The van der Waals surface area contributed by atoms with Crippen LogP contribution in [0.2, 0.25) is 0 Å². The minimum Gasteiger partial charge on any atom is -0.390 e. The van der Waals surface area contributed by atoms with Gasteiger partial charge in [-0.2, -0.15) is 0 Å². The monoisotopic (exact) mass is 399 g/mol. The van der Waals surface area contributed by atoms with E-state index < -0.39 is 5.60 Å². The number of nitrogens with one attached hydrogen (secondary N) is 1. The number of Topliss-reactive ketones (excluding diaryl/α,β-unsaturated/α-hetero) is 1. The molecule has 29 heavy (non-hydrogen) atoms. The molecule has 0 bridgehead atoms. The van der Waals surface area contributed by atoms with Gasteiger partial charge in [-0.3, -0.25) is 4.79 Å². The second-order valence-electron chi connectivity index (χ2n) is 11.9. The SMILES string of the molecule is CC(C)(O)CCC[C@@]1(C=N)CCC2C3CC=C4CC(=O)CC[C@]4(C)C3CC[C@@]21C. The maximum Gasteiger partial charge on any atom is 0.136 e. The van der Waals surface area contributed by atoms with E-state index in [2.05, 4.69) is 19.9 Å². The van der Waals surface area contributed by atoms with E-state index in [9.17, 15) is 9.90 Å². The maximum absolute atomic E-state index is 12.1. The Kier molecular flexibility index (Phi) is 5.16. The van der Waals surface area contributed by atoms with E-state index in [1.165, 1.54) is 24.8 Å². The Morgan fingerprint density at radius 1 is 1.21 bits per heavy atom. The quantitative estimate of drug-likeness (QED) is 0.434. The average Bonchev–Trinajstić information content (AvgIpc) is 2.94. The van der Waals surface area contributed by atoms with Crippen molar-refractivity contribution in [2.75, 3.05) is 0 Å². The first-order valence-corrected chi connectivity index (χ1v) is 12.0. The summed E-state index contributed by atoms with van der Waals surface area (Å²) in [5.41, 5.74) is 1.27. The van der Waals surface area contributed by atoms with E-state index in [-0.39, 0.29) is 16.2 Å². The standard InChI is InChI=1S/C26H41NO2/c1-23(2,29)11-5-12-26(17-27)15-10-22-20-7-6-18-16-19(28)8-13-24(18,3)21(20)9-14-25(22,26)4/h6,17,20-22,27,29H,5,7-16H2,1-4H3/t20?,21?,22?,24-,25-,26-/m0/s1. The number of fused-ring (bicyclic) bond motifs is 5. The summed E-state index contributed by atoms with van der Waals surface area (Å²) in [6, 6.07) is 0. The van der Waals surface area contributed by atoms with E-state index in [4.69, 9.17) is 5.41 Å². The molecule has 3 fully saturated rings. The molecule has 3 heteroatoms. The molecule has 6 atom stereocenters. The Morgan fingerprint density at radius 3 is 2.62 bits per heavy atom. The van der Waals surface area contributed by atoms with Crippen LogP contribution in [-0.4, -0.2) is 22.7 Å². The van der Waals surface area contributed by atoms with Gasteiger partial charge in [-0.05, 0) is 100 Å². The van der Waals surface area contributed by atoms with E-state index >= 15 is 0 Å². The normalized spacial score (nSPS) is 44.5. The lowest BCUT2D eigenvalue weighted by atomic mass is 9.45. The summed E-state index contributed by atoms with van der Waals surface area (Å²) in [7, 11) is 0. The second kappa shape index (κ2) is 7.04. The van der Waals surface area contributed by atoms with Gasteiger partial charge < -0.3 is 10.5 Å². The highest BCUT2D eigenvalue weighted by molar-refractivity contribution is 5.82. The number of rotatable bonds is 5. The Hall–Kier alpha value is -0.960. The molecule has 3 unspecified atom stereocenters. The highest BCUT2D eigenvalue weighted by Crippen LogP contribution is 2.70. The van der Waals surface area contributed by atoms with E-state index in [1.54, 1.807) is 0 Å². The molecule has 0 aromatic heterocycles. The van der Waals surface area contributed by atoms with Crippen molar-refractivity contribution in [2.24, 2.45) is 34.0 Å². The summed E-state index contributed by atoms with van der Waals surface area (Å²) in [5, 5.41) is 18.6. The molecule has 3 nitrogen and oxygen atoms in total. The smallest absolute Gasteiger partial charge is 0.136 e. The summed E-state index contributed by atoms with van der Waals surface area (Å²) in [4.78, 5) is 12.1. The Morgan fingerprint density at radius 2 is 1.93 bits per heavy atom. The minimum absolute atomic E-state index is 0.00130. The van der Waals surface area contributed by atoms with Crippen LogP contribution in [0.4, 0.5) is 0 Å². The lowest BCUT2D eigenvalue weighted by Crippen LogP contribution is -2.52. The van der Waals surface area contributed by atoms with Crippen LogP contribution in [0.5, 0.6) is 0 Å². The fourth-order valence-electron chi connectivity index (χ4n) is 8.20. The van der Waals surface area contributed by atoms with Gasteiger partial charge in [0, 0.05) is 24.5 Å². The van der Waals surface area contributed by atoms with Crippen molar-refractivity contribution in [2.45, 2.75) is 104 Å². The first-order chi connectivity index (χ1) is 13.5. The molecule has 4 aliphatic carbocycles.